The minimum Gasteiger partial charge on any atom is -0.476 e. The van der Waals surface area contributed by atoms with Crippen molar-refractivity contribution >= 4 is 48.7 Å². The first-order chi connectivity index (χ1) is 6.59. The Morgan fingerprint density at radius 1 is 1.43 bits per heavy atom. The molecule has 0 spiro atoms. The first-order valence-electron chi connectivity index (χ1n) is 3.66. The van der Waals surface area contributed by atoms with E-state index < -0.39 is 5.97 Å². The zero-order chi connectivity index (χ0) is 10.3. The van der Waals surface area contributed by atoms with E-state index in [2.05, 4.69) is 42.1 Å². The maximum atomic E-state index is 10.8. The van der Waals surface area contributed by atoms with Gasteiger partial charge in [0.15, 0.2) is 5.69 Å². The van der Waals surface area contributed by atoms with Crippen LogP contribution in [-0.2, 0) is 0 Å². The number of hydrogen-bond acceptors (Lipinski definition) is 2. The Kier molecular flexibility index (Phi) is 2.32. The molecule has 0 aliphatic heterocycles. The fraction of sp³-hybridized carbons (Fsp3) is 0. The van der Waals surface area contributed by atoms with Crippen molar-refractivity contribution < 1.29 is 9.90 Å². The minimum absolute atomic E-state index is 0.0272. The smallest absolute Gasteiger partial charge is 0.357 e. The monoisotopic (exact) mass is 318 g/mol. The van der Waals surface area contributed by atoms with Crippen molar-refractivity contribution in [2.24, 2.45) is 0 Å². The second kappa shape index (κ2) is 3.36. The van der Waals surface area contributed by atoms with Crippen molar-refractivity contribution in [1.29, 1.82) is 0 Å². The Balaban J connectivity index is 2.85. The van der Waals surface area contributed by atoms with Gasteiger partial charge in [-0.3, -0.25) is 5.10 Å². The number of hydrogen-bond donors (Lipinski definition) is 2. The summed E-state index contributed by atoms with van der Waals surface area (Å²) in [6, 6.07) is 3.56. The molecular weight excluding hydrogens is 316 g/mol. The number of rotatable bonds is 1. The number of carboxylic acids is 1. The molecule has 0 saturated carbocycles. The van der Waals surface area contributed by atoms with Gasteiger partial charge in [-0.1, -0.05) is 15.9 Å². The molecule has 1 heterocycles. The molecule has 0 aliphatic rings. The molecule has 0 fully saturated rings. The van der Waals surface area contributed by atoms with Crippen LogP contribution in [0.2, 0.25) is 0 Å². The first-order valence-corrected chi connectivity index (χ1v) is 5.24. The predicted octanol–water partition coefficient (Wildman–Crippen LogP) is 2.79. The molecule has 2 N–H and O–H groups in total. The number of carboxylic acid groups (broad SMARTS) is 1. The molecule has 0 aliphatic carbocycles. The van der Waals surface area contributed by atoms with Gasteiger partial charge < -0.3 is 5.11 Å². The Labute approximate surface area is 95.6 Å². The third-order valence-electron chi connectivity index (χ3n) is 1.78. The molecule has 0 saturated heterocycles. The van der Waals surface area contributed by atoms with Crippen LogP contribution in [0.3, 0.4) is 0 Å². The number of halogens is 2. The largest absolute Gasteiger partial charge is 0.476 e. The van der Waals surface area contributed by atoms with E-state index in [1.54, 1.807) is 12.1 Å². The van der Waals surface area contributed by atoms with Gasteiger partial charge in [-0.25, -0.2) is 4.79 Å². The summed E-state index contributed by atoms with van der Waals surface area (Å²) < 4.78 is 1.56. The molecule has 2 aromatic rings. The maximum absolute atomic E-state index is 10.8. The minimum atomic E-state index is -1.04. The average molecular weight is 320 g/mol. The van der Waals surface area contributed by atoms with Gasteiger partial charge in [0.2, 0.25) is 0 Å². The van der Waals surface area contributed by atoms with Gasteiger partial charge in [0, 0.05) is 14.3 Å². The van der Waals surface area contributed by atoms with Crippen molar-refractivity contribution in [3.63, 3.8) is 0 Å². The van der Waals surface area contributed by atoms with Crippen LogP contribution in [-0.4, -0.2) is 21.3 Å². The van der Waals surface area contributed by atoms with Gasteiger partial charge >= 0.3 is 5.97 Å². The molecule has 0 unspecified atom stereocenters. The van der Waals surface area contributed by atoms with Crippen LogP contribution in [0.5, 0.6) is 0 Å². The third kappa shape index (κ3) is 1.44. The number of benzene rings is 1. The molecule has 14 heavy (non-hydrogen) atoms. The van der Waals surface area contributed by atoms with Crippen LogP contribution in [0.25, 0.3) is 10.9 Å². The zero-order valence-corrected chi connectivity index (χ0v) is 9.89. The Bertz CT molecular complexity index is 521. The molecular formula is C8H4Br2N2O2. The summed E-state index contributed by atoms with van der Waals surface area (Å²) in [6.07, 6.45) is 0. The molecule has 6 heteroatoms. The molecule has 0 bridgehead atoms. The number of aromatic nitrogens is 2. The van der Waals surface area contributed by atoms with E-state index in [1.807, 2.05) is 0 Å². The van der Waals surface area contributed by atoms with Crippen LogP contribution in [0.15, 0.2) is 21.1 Å². The topological polar surface area (TPSA) is 66.0 Å². The van der Waals surface area contributed by atoms with Gasteiger partial charge in [-0.15, -0.1) is 0 Å². The lowest BCUT2D eigenvalue weighted by molar-refractivity contribution is 0.0692. The van der Waals surface area contributed by atoms with Crippen LogP contribution in [0.1, 0.15) is 10.5 Å². The lowest BCUT2D eigenvalue weighted by Gasteiger charge is -1.96. The van der Waals surface area contributed by atoms with Crippen LogP contribution in [0, 0.1) is 0 Å². The Hall–Kier alpha value is -0.880. The number of aromatic amines is 1. The fourth-order valence-corrected chi connectivity index (χ4v) is 2.64. The Morgan fingerprint density at radius 2 is 2.14 bits per heavy atom. The lowest BCUT2D eigenvalue weighted by Crippen LogP contribution is -1.97. The Morgan fingerprint density at radius 3 is 2.79 bits per heavy atom. The molecule has 1 aromatic heterocycles. The van der Waals surface area contributed by atoms with Crippen molar-refractivity contribution in [3.05, 3.63) is 26.8 Å². The van der Waals surface area contributed by atoms with Crippen LogP contribution in [0.4, 0.5) is 0 Å². The summed E-state index contributed by atoms with van der Waals surface area (Å²) in [4.78, 5) is 10.8. The molecule has 0 atom stereocenters. The highest BCUT2D eigenvalue weighted by Gasteiger charge is 2.15. The highest BCUT2D eigenvalue weighted by Crippen LogP contribution is 2.29. The van der Waals surface area contributed by atoms with Gasteiger partial charge in [0.25, 0.3) is 0 Å². The second-order valence-electron chi connectivity index (χ2n) is 2.69. The van der Waals surface area contributed by atoms with E-state index in [1.165, 1.54) is 0 Å². The lowest BCUT2D eigenvalue weighted by atomic mass is 10.2. The summed E-state index contributed by atoms with van der Waals surface area (Å²) >= 11 is 6.60. The standard InChI is InChI=1S/C8H4Br2N2O2/c9-3-1-4(10)6-5(2-3)11-12-7(6)8(13)14/h1-2H,(H,11,12)(H,13,14). The average Bonchev–Trinajstić information content (AvgIpc) is 2.47. The van der Waals surface area contributed by atoms with Gasteiger partial charge in [-0.2, -0.15) is 5.10 Å². The predicted molar refractivity (Wildman–Crippen MR) is 58.5 cm³/mol. The van der Waals surface area contributed by atoms with Gasteiger partial charge in [-0.05, 0) is 28.1 Å². The molecule has 0 radical (unpaired) electrons. The highest BCUT2D eigenvalue weighted by molar-refractivity contribution is 9.11. The van der Waals surface area contributed by atoms with E-state index in [0.29, 0.717) is 15.4 Å². The third-order valence-corrected chi connectivity index (χ3v) is 2.87. The number of nitrogens with one attached hydrogen (secondary N) is 1. The summed E-state index contributed by atoms with van der Waals surface area (Å²) in [6.45, 7) is 0. The second-order valence-corrected chi connectivity index (χ2v) is 4.46. The van der Waals surface area contributed by atoms with E-state index >= 15 is 0 Å². The van der Waals surface area contributed by atoms with E-state index in [4.69, 9.17) is 5.11 Å². The fourth-order valence-electron chi connectivity index (χ4n) is 1.23. The molecule has 4 nitrogen and oxygen atoms in total. The quantitative estimate of drug-likeness (QED) is 0.849. The number of nitrogens with zero attached hydrogens (tertiary/aromatic N) is 1. The molecule has 72 valence electrons. The SMILES string of the molecule is O=C(O)c1n[nH]c2cc(Br)cc(Br)c12. The van der Waals surface area contributed by atoms with Crippen molar-refractivity contribution in [3.8, 4) is 0 Å². The van der Waals surface area contributed by atoms with Crippen LogP contribution >= 0.6 is 31.9 Å². The van der Waals surface area contributed by atoms with E-state index in [9.17, 15) is 4.79 Å². The maximum Gasteiger partial charge on any atom is 0.357 e. The van der Waals surface area contributed by atoms with Crippen molar-refractivity contribution in [2.45, 2.75) is 0 Å². The summed E-state index contributed by atoms with van der Waals surface area (Å²) in [5, 5.41) is 15.8. The first kappa shape index (κ1) is 9.67. The number of aromatic carboxylic acids is 1. The molecule has 0 amide bonds. The van der Waals surface area contributed by atoms with Gasteiger partial charge in [0.1, 0.15) is 0 Å². The molecule has 1 aromatic carbocycles. The van der Waals surface area contributed by atoms with Crippen molar-refractivity contribution in [1.82, 2.24) is 10.2 Å². The van der Waals surface area contributed by atoms with E-state index in [-0.39, 0.29) is 5.69 Å². The zero-order valence-electron chi connectivity index (χ0n) is 6.71. The van der Waals surface area contributed by atoms with Crippen molar-refractivity contribution in [2.75, 3.05) is 0 Å². The number of carbonyl (C=O) groups is 1. The number of H-pyrrole nitrogens is 1. The summed E-state index contributed by atoms with van der Waals surface area (Å²) in [5.74, 6) is -1.04. The van der Waals surface area contributed by atoms with E-state index in [0.717, 1.165) is 4.47 Å². The normalized spacial score (nSPS) is 10.7. The highest BCUT2D eigenvalue weighted by atomic mass is 79.9. The molecule has 2 rings (SSSR count). The summed E-state index contributed by atoms with van der Waals surface area (Å²) in [5.41, 5.74) is 0.711. The van der Waals surface area contributed by atoms with Crippen LogP contribution < -0.4 is 0 Å². The van der Waals surface area contributed by atoms with Gasteiger partial charge in [0.05, 0.1) is 5.52 Å². The number of fused-ring (bicyclic) bond motifs is 1. The summed E-state index contributed by atoms with van der Waals surface area (Å²) in [7, 11) is 0.